The van der Waals surface area contributed by atoms with Gasteiger partial charge in [-0.1, -0.05) is 0 Å². The second-order valence-electron chi connectivity index (χ2n) is 3.37. The van der Waals surface area contributed by atoms with Gasteiger partial charge < -0.3 is 0 Å². The minimum Gasteiger partial charge on any atom is -0.296 e. The summed E-state index contributed by atoms with van der Waals surface area (Å²) >= 11 is 0. The smallest absolute Gasteiger partial charge is 0.296 e. The van der Waals surface area contributed by atoms with Crippen LogP contribution in [0, 0.1) is 5.82 Å². The molecule has 1 heterocycles. The molecule has 1 aromatic heterocycles. The third kappa shape index (κ3) is 1.27. The first kappa shape index (κ1) is 9.64. The molecular formula is C10H9FN2O2. The Morgan fingerprint density at radius 3 is 2.47 bits per heavy atom. The fourth-order valence-corrected chi connectivity index (χ4v) is 1.56. The molecule has 0 amide bonds. The fourth-order valence-electron chi connectivity index (χ4n) is 1.56. The zero-order valence-corrected chi connectivity index (χ0v) is 8.32. The predicted octanol–water partition coefficient (Wildman–Crippen LogP) is 0.376. The van der Waals surface area contributed by atoms with Gasteiger partial charge in [0.25, 0.3) is 5.56 Å². The SMILES string of the molecule is Cn1c(=O)c2ccc(F)cc2n(C)c1=O. The molecule has 4 nitrogen and oxygen atoms in total. The number of aryl methyl sites for hydroxylation is 1. The van der Waals surface area contributed by atoms with Crippen molar-refractivity contribution in [2.24, 2.45) is 14.1 Å². The first-order chi connectivity index (χ1) is 7.02. The molecule has 0 radical (unpaired) electrons. The lowest BCUT2D eigenvalue weighted by Crippen LogP contribution is -2.36. The van der Waals surface area contributed by atoms with Crippen LogP contribution in [0.4, 0.5) is 4.39 Å². The van der Waals surface area contributed by atoms with E-state index in [1.54, 1.807) is 0 Å². The Morgan fingerprint density at radius 2 is 1.80 bits per heavy atom. The van der Waals surface area contributed by atoms with Gasteiger partial charge in [0.15, 0.2) is 0 Å². The molecule has 0 unspecified atom stereocenters. The van der Waals surface area contributed by atoms with E-state index in [4.69, 9.17) is 0 Å². The van der Waals surface area contributed by atoms with E-state index in [2.05, 4.69) is 0 Å². The van der Waals surface area contributed by atoms with Gasteiger partial charge in [-0.25, -0.2) is 9.18 Å². The zero-order valence-electron chi connectivity index (χ0n) is 8.32. The fraction of sp³-hybridized carbons (Fsp3) is 0.200. The first-order valence-corrected chi connectivity index (χ1v) is 4.37. The molecule has 0 saturated heterocycles. The molecule has 0 aliphatic rings. The van der Waals surface area contributed by atoms with Gasteiger partial charge in [-0.15, -0.1) is 0 Å². The van der Waals surface area contributed by atoms with Crippen molar-refractivity contribution in [3.63, 3.8) is 0 Å². The normalized spacial score (nSPS) is 10.9. The van der Waals surface area contributed by atoms with Gasteiger partial charge in [0.2, 0.25) is 0 Å². The van der Waals surface area contributed by atoms with Crippen molar-refractivity contribution in [3.8, 4) is 0 Å². The molecule has 2 rings (SSSR count). The van der Waals surface area contributed by atoms with Crippen molar-refractivity contribution in [2.75, 3.05) is 0 Å². The summed E-state index contributed by atoms with van der Waals surface area (Å²) in [5, 5.41) is 0.334. The zero-order chi connectivity index (χ0) is 11.2. The summed E-state index contributed by atoms with van der Waals surface area (Å²) in [4.78, 5) is 23.2. The Kier molecular flexibility index (Phi) is 1.96. The first-order valence-electron chi connectivity index (χ1n) is 4.37. The van der Waals surface area contributed by atoms with Gasteiger partial charge in [0.1, 0.15) is 5.82 Å². The molecule has 0 aliphatic carbocycles. The van der Waals surface area contributed by atoms with Crippen LogP contribution in [0.2, 0.25) is 0 Å². The van der Waals surface area contributed by atoms with Crippen LogP contribution in [0.5, 0.6) is 0 Å². The van der Waals surface area contributed by atoms with Crippen LogP contribution in [0.15, 0.2) is 27.8 Å². The summed E-state index contributed by atoms with van der Waals surface area (Å²) in [5.41, 5.74) is -0.561. The molecule has 0 aliphatic heterocycles. The van der Waals surface area contributed by atoms with E-state index in [9.17, 15) is 14.0 Å². The van der Waals surface area contributed by atoms with Crippen LogP contribution < -0.4 is 11.2 Å². The minimum atomic E-state index is -0.467. The van der Waals surface area contributed by atoms with Crippen molar-refractivity contribution < 1.29 is 4.39 Å². The van der Waals surface area contributed by atoms with Crippen LogP contribution in [0.1, 0.15) is 0 Å². The Morgan fingerprint density at radius 1 is 1.13 bits per heavy atom. The van der Waals surface area contributed by atoms with E-state index >= 15 is 0 Å². The topological polar surface area (TPSA) is 44.0 Å². The number of rotatable bonds is 0. The number of hydrogen-bond acceptors (Lipinski definition) is 2. The van der Waals surface area contributed by atoms with Crippen molar-refractivity contribution in [2.45, 2.75) is 0 Å². The Balaban J connectivity index is 3.15. The van der Waals surface area contributed by atoms with Gasteiger partial charge in [-0.05, 0) is 18.2 Å². The summed E-state index contributed by atoms with van der Waals surface area (Å²) in [6.45, 7) is 0. The maximum Gasteiger partial charge on any atom is 0.330 e. The molecule has 0 spiro atoms. The molecule has 2 aromatic rings. The van der Waals surface area contributed by atoms with E-state index in [1.807, 2.05) is 0 Å². The monoisotopic (exact) mass is 208 g/mol. The molecule has 0 bridgehead atoms. The maximum absolute atomic E-state index is 13.0. The van der Waals surface area contributed by atoms with Gasteiger partial charge >= 0.3 is 5.69 Å². The van der Waals surface area contributed by atoms with Crippen LogP contribution >= 0.6 is 0 Å². The van der Waals surface area contributed by atoms with Crippen LogP contribution in [0.25, 0.3) is 10.9 Å². The Bertz CT molecular complexity index is 655. The van der Waals surface area contributed by atoms with Crippen LogP contribution in [-0.4, -0.2) is 9.13 Å². The highest BCUT2D eigenvalue weighted by Gasteiger charge is 2.08. The van der Waals surface area contributed by atoms with Crippen LogP contribution in [-0.2, 0) is 14.1 Å². The summed E-state index contributed by atoms with van der Waals surface area (Å²) < 4.78 is 15.2. The lowest BCUT2D eigenvalue weighted by atomic mass is 10.2. The number of fused-ring (bicyclic) bond motifs is 1. The Labute approximate surface area is 84.2 Å². The Hall–Kier alpha value is -1.91. The van der Waals surface area contributed by atoms with Gasteiger partial charge in [0.05, 0.1) is 10.9 Å². The molecule has 5 heteroatoms. The molecule has 0 saturated carbocycles. The standard InChI is InChI=1S/C10H9FN2O2/c1-12-8-5-6(11)3-4-7(8)9(14)13(2)10(12)15/h3-5H,1-2H3. The lowest BCUT2D eigenvalue weighted by Gasteiger charge is -2.06. The van der Waals surface area contributed by atoms with E-state index in [0.717, 1.165) is 4.57 Å². The van der Waals surface area contributed by atoms with Gasteiger partial charge in [0, 0.05) is 14.1 Å². The number of nitrogens with zero attached hydrogens (tertiary/aromatic N) is 2. The quantitative estimate of drug-likeness (QED) is 0.628. The summed E-state index contributed by atoms with van der Waals surface area (Å²) in [7, 11) is 2.90. The molecule has 0 atom stereocenters. The van der Waals surface area contributed by atoms with Crippen LogP contribution in [0.3, 0.4) is 0 Å². The van der Waals surface area contributed by atoms with Gasteiger partial charge in [-0.3, -0.25) is 13.9 Å². The van der Waals surface area contributed by atoms with E-state index in [-0.39, 0.29) is 0 Å². The van der Waals surface area contributed by atoms with E-state index < -0.39 is 17.1 Å². The molecular weight excluding hydrogens is 199 g/mol. The number of aromatic nitrogens is 2. The summed E-state index contributed by atoms with van der Waals surface area (Å²) in [6.07, 6.45) is 0. The lowest BCUT2D eigenvalue weighted by molar-refractivity contribution is 0.626. The molecule has 1 aromatic carbocycles. The average molecular weight is 208 g/mol. The second kappa shape index (κ2) is 3.05. The highest BCUT2D eigenvalue weighted by atomic mass is 19.1. The van der Waals surface area contributed by atoms with Crippen molar-refractivity contribution in [3.05, 3.63) is 44.9 Å². The average Bonchev–Trinajstić information content (AvgIpc) is 2.23. The maximum atomic E-state index is 13.0. The van der Waals surface area contributed by atoms with Crippen molar-refractivity contribution in [1.29, 1.82) is 0 Å². The largest absolute Gasteiger partial charge is 0.330 e. The highest BCUT2D eigenvalue weighted by Crippen LogP contribution is 2.08. The summed E-state index contributed by atoms with van der Waals surface area (Å²) in [5.74, 6) is -0.467. The number of halogens is 1. The predicted molar refractivity (Wildman–Crippen MR) is 54.4 cm³/mol. The minimum absolute atomic E-state index is 0.308. The molecule has 78 valence electrons. The highest BCUT2D eigenvalue weighted by molar-refractivity contribution is 5.77. The van der Waals surface area contributed by atoms with Gasteiger partial charge in [-0.2, -0.15) is 0 Å². The van der Waals surface area contributed by atoms with Crippen molar-refractivity contribution >= 4 is 10.9 Å². The third-order valence-corrected chi connectivity index (χ3v) is 2.43. The van der Waals surface area contributed by atoms with E-state index in [1.165, 1.54) is 36.9 Å². The second-order valence-corrected chi connectivity index (χ2v) is 3.37. The third-order valence-electron chi connectivity index (χ3n) is 2.43. The number of hydrogen-bond donors (Lipinski definition) is 0. The molecule has 0 N–H and O–H groups in total. The summed E-state index contributed by atoms with van der Waals surface area (Å²) in [6, 6.07) is 3.76. The number of benzene rings is 1. The van der Waals surface area contributed by atoms with E-state index in [0.29, 0.717) is 10.9 Å². The molecule has 0 fully saturated rings. The van der Waals surface area contributed by atoms with Crippen molar-refractivity contribution in [1.82, 2.24) is 9.13 Å². The molecule has 15 heavy (non-hydrogen) atoms.